The second-order valence-corrected chi connectivity index (χ2v) is 13.7. The summed E-state index contributed by atoms with van der Waals surface area (Å²) < 4.78 is 10.6. The molecule has 0 aromatic heterocycles. The van der Waals surface area contributed by atoms with Gasteiger partial charge in [0.25, 0.3) is 0 Å². The number of carbonyl (C=O) groups excluding carboxylic acids is 2. The van der Waals surface area contributed by atoms with Gasteiger partial charge in [0.2, 0.25) is 0 Å². The van der Waals surface area contributed by atoms with Crippen molar-refractivity contribution in [1.82, 2.24) is 0 Å². The van der Waals surface area contributed by atoms with Crippen molar-refractivity contribution in [2.24, 2.45) is 0 Å². The molecule has 5 nitrogen and oxygen atoms in total. The summed E-state index contributed by atoms with van der Waals surface area (Å²) in [5.74, 6) is -0.705. The van der Waals surface area contributed by atoms with Gasteiger partial charge in [0.1, 0.15) is 6.61 Å². The maximum Gasteiger partial charge on any atom is 0.306 e. The highest BCUT2D eigenvalue weighted by atomic mass is 16.6. The second-order valence-electron chi connectivity index (χ2n) is 13.7. The van der Waals surface area contributed by atoms with Crippen molar-refractivity contribution >= 4 is 11.9 Å². The minimum absolute atomic E-state index is 0.113. The van der Waals surface area contributed by atoms with Crippen molar-refractivity contribution in [1.29, 1.82) is 0 Å². The van der Waals surface area contributed by atoms with Crippen LogP contribution in [-0.4, -0.2) is 36.4 Å². The zero-order valence-corrected chi connectivity index (χ0v) is 34.4. The molecule has 0 unspecified atom stereocenters. The van der Waals surface area contributed by atoms with Crippen LogP contribution in [-0.2, 0) is 19.1 Å². The first-order valence-electron chi connectivity index (χ1n) is 21.4. The molecule has 0 aliphatic rings. The normalized spacial score (nSPS) is 13.3. The van der Waals surface area contributed by atoms with E-state index in [1.54, 1.807) is 0 Å². The summed E-state index contributed by atoms with van der Waals surface area (Å²) in [4.78, 5) is 24.3. The van der Waals surface area contributed by atoms with Gasteiger partial charge in [0.05, 0.1) is 6.61 Å². The number of aliphatic hydroxyl groups is 1. The molecule has 0 radical (unpaired) electrons. The molecule has 0 fully saturated rings. The van der Waals surface area contributed by atoms with E-state index < -0.39 is 6.10 Å². The fraction of sp³-hybridized carbons (Fsp3) is 0.592. The molecule has 0 bridgehead atoms. The molecule has 0 aliphatic heterocycles. The van der Waals surface area contributed by atoms with E-state index in [-0.39, 0.29) is 31.6 Å². The van der Waals surface area contributed by atoms with Gasteiger partial charge in [-0.2, -0.15) is 0 Å². The van der Waals surface area contributed by atoms with E-state index in [4.69, 9.17) is 9.47 Å². The molecule has 54 heavy (non-hydrogen) atoms. The van der Waals surface area contributed by atoms with Crippen molar-refractivity contribution in [3.8, 4) is 0 Å². The maximum absolute atomic E-state index is 12.2. The summed E-state index contributed by atoms with van der Waals surface area (Å²) in [5.41, 5.74) is 0. The lowest BCUT2D eigenvalue weighted by molar-refractivity contribution is -0.161. The van der Waals surface area contributed by atoms with E-state index in [2.05, 4.69) is 123 Å². The summed E-state index contributed by atoms with van der Waals surface area (Å²) in [6.07, 6.45) is 63.0. The second kappa shape index (κ2) is 44.0. The Bertz CT molecular complexity index is 1120. The Kier molecular flexibility index (Phi) is 41.2. The fourth-order valence-corrected chi connectivity index (χ4v) is 5.34. The third-order valence-electron chi connectivity index (χ3n) is 8.55. The molecule has 1 atom stereocenters. The maximum atomic E-state index is 12.2. The van der Waals surface area contributed by atoms with E-state index in [0.29, 0.717) is 12.8 Å². The Morgan fingerprint density at radius 1 is 0.444 bits per heavy atom. The highest BCUT2D eigenvalue weighted by Gasteiger charge is 2.15. The number of carbonyl (C=O) groups is 2. The number of hydrogen-bond donors (Lipinski definition) is 1. The van der Waals surface area contributed by atoms with Crippen LogP contribution in [0.15, 0.2) is 109 Å². The van der Waals surface area contributed by atoms with Crippen LogP contribution in [0.1, 0.15) is 168 Å². The average molecular weight is 747 g/mol. The van der Waals surface area contributed by atoms with E-state index >= 15 is 0 Å². The third-order valence-corrected chi connectivity index (χ3v) is 8.55. The van der Waals surface area contributed by atoms with Crippen molar-refractivity contribution in [3.05, 3.63) is 109 Å². The van der Waals surface area contributed by atoms with Crippen LogP contribution in [0.4, 0.5) is 0 Å². The third kappa shape index (κ3) is 41.3. The van der Waals surface area contributed by atoms with Crippen molar-refractivity contribution < 1.29 is 24.2 Å². The number of hydrogen-bond acceptors (Lipinski definition) is 5. The number of aliphatic hydroxyl groups excluding tert-OH is 1. The summed E-state index contributed by atoms with van der Waals surface area (Å²) in [7, 11) is 0. The Balaban J connectivity index is 3.75. The summed E-state index contributed by atoms with van der Waals surface area (Å²) >= 11 is 0. The van der Waals surface area contributed by atoms with E-state index in [0.717, 1.165) is 83.5 Å². The number of ether oxygens (including phenoxy) is 2. The molecule has 0 aromatic carbocycles. The molecule has 0 aromatic rings. The Morgan fingerprint density at radius 2 is 0.815 bits per heavy atom. The zero-order valence-electron chi connectivity index (χ0n) is 34.4. The lowest BCUT2D eigenvalue weighted by Gasteiger charge is -2.15. The molecule has 0 amide bonds. The van der Waals surface area contributed by atoms with Gasteiger partial charge in [-0.05, 0) is 96.3 Å². The van der Waals surface area contributed by atoms with Crippen molar-refractivity contribution in [2.75, 3.05) is 13.2 Å². The van der Waals surface area contributed by atoms with Crippen LogP contribution in [0.5, 0.6) is 0 Å². The largest absolute Gasteiger partial charge is 0.462 e. The lowest BCUT2D eigenvalue weighted by Crippen LogP contribution is -2.28. The van der Waals surface area contributed by atoms with Gasteiger partial charge in [-0.15, -0.1) is 0 Å². The Labute approximate surface area is 331 Å². The monoisotopic (exact) mass is 747 g/mol. The number of allylic oxidation sites excluding steroid dienone is 18. The van der Waals surface area contributed by atoms with Gasteiger partial charge in [0.15, 0.2) is 6.10 Å². The zero-order chi connectivity index (χ0) is 39.3. The number of rotatable bonds is 37. The van der Waals surface area contributed by atoms with Crippen LogP contribution < -0.4 is 0 Å². The van der Waals surface area contributed by atoms with Crippen LogP contribution >= 0.6 is 0 Å². The molecule has 0 aliphatic carbocycles. The van der Waals surface area contributed by atoms with E-state index in [9.17, 15) is 14.7 Å². The molecular formula is C49H78O5. The summed E-state index contributed by atoms with van der Waals surface area (Å²) in [5, 5.41) is 9.57. The molecule has 0 heterocycles. The van der Waals surface area contributed by atoms with Gasteiger partial charge in [-0.1, -0.05) is 168 Å². The van der Waals surface area contributed by atoms with Gasteiger partial charge in [-0.25, -0.2) is 0 Å². The topological polar surface area (TPSA) is 72.8 Å². The van der Waals surface area contributed by atoms with Gasteiger partial charge >= 0.3 is 11.9 Å². The van der Waals surface area contributed by atoms with Crippen molar-refractivity contribution in [3.63, 3.8) is 0 Å². The molecule has 0 spiro atoms. The lowest BCUT2D eigenvalue weighted by atomic mass is 10.1. The smallest absolute Gasteiger partial charge is 0.306 e. The van der Waals surface area contributed by atoms with Crippen LogP contribution in [0, 0.1) is 0 Å². The number of esters is 2. The minimum Gasteiger partial charge on any atom is -0.462 e. The van der Waals surface area contributed by atoms with Crippen LogP contribution in [0.25, 0.3) is 0 Å². The summed E-state index contributed by atoms with van der Waals surface area (Å²) in [6.45, 7) is 3.93. The standard InChI is InChI=1S/C49H78O5/c1-3-5-7-9-11-13-15-17-19-21-23-24-26-28-30-32-34-36-38-40-42-44-49(52)54-47(45-50)46-53-48(51)43-41-39-37-35-33-31-29-27-25-22-20-18-16-14-12-10-8-6-4-2/h6,8,12,14,18-21,24-27,30-33,36,38,47,50H,3-5,7,9-11,13,15-17,22-23,28-29,34-35,37,39-46H2,1-2H3/b8-6+,14-12+,20-18+,21-19+,26-24+,27-25+,32-30+,33-31+,38-36+/t47-/m0/s1. The van der Waals surface area contributed by atoms with E-state index in [1.807, 2.05) is 0 Å². The Hall–Kier alpha value is -3.44. The number of unbranched alkanes of at least 4 members (excludes halogenated alkanes) is 11. The summed E-state index contributed by atoms with van der Waals surface area (Å²) in [6, 6.07) is 0. The molecule has 5 heteroatoms. The first-order chi connectivity index (χ1) is 26.6. The van der Waals surface area contributed by atoms with E-state index in [1.165, 1.54) is 51.4 Å². The molecule has 0 saturated carbocycles. The highest BCUT2D eigenvalue weighted by molar-refractivity contribution is 5.70. The predicted molar refractivity (Wildman–Crippen MR) is 232 cm³/mol. The van der Waals surface area contributed by atoms with Crippen molar-refractivity contribution in [2.45, 2.75) is 174 Å². The first kappa shape index (κ1) is 50.6. The molecule has 304 valence electrons. The highest BCUT2D eigenvalue weighted by Crippen LogP contribution is 2.10. The Morgan fingerprint density at radius 3 is 1.26 bits per heavy atom. The van der Waals surface area contributed by atoms with Gasteiger partial charge in [-0.3, -0.25) is 9.59 Å². The quantitative estimate of drug-likeness (QED) is 0.0389. The SMILES string of the molecule is CC/C=C/C/C=C/C/C=C/C/C=C/C/C=C/CCCCCC(=O)OC[C@H](CO)OC(=O)CCC/C=C/C/C=C/C/C=C/C/C=C/CCCCCCCCC. The average Bonchev–Trinajstić information content (AvgIpc) is 3.17. The fourth-order valence-electron chi connectivity index (χ4n) is 5.34. The van der Waals surface area contributed by atoms with Gasteiger partial charge in [0, 0.05) is 12.8 Å². The van der Waals surface area contributed by atoms with Crippen LogP contribution in [0.2, 0.25) is 0 Å². The molecule has 0 rings (SSSR count). The molecule has 0 saturated heterocycles. The predicted octanol–water partition coefficient (Wildman–Crippen LogP) is 13.8. The molecular weight excluding hydrogens is 669 g/mol. The molecule has 1 N–H and O–H groups in total. The minimum atomic E-state index is -0.822. The first-order valence-corrected chi connectivity index (χ1v) is 21.4. The van der Waals surface area contributed by atoms with Crippen LogP contribution in [0.3, 0.4) is 0 Å². The van der Waals surface area contributed by atoms with Gasteiger partial charge < -0.3 is 14.6 Å².